The zero-order chi connectivity index (χ0) is 17.0. The highest BCUT2D eigenvalue weighted by Gasteiger charge is 2.29. The summed E-state index contributed by atoms with van der Waals surface area (Å²) in [5.41, 5.74) is 3.88. The SMILES string of the molecule is Cc1c2c(n(C)c(=O)c1Cl)CN(C(=O)c1ccc3nonc3c1)C2. The van der Waals surface area contributed by atoms with Crippen molar-refractivity contribution in [3.05, 3.63) is 56.0 Å². The van der Waals surface area contributed by atoms with Crippen molar-refractivity contribution >= 4 is 28.5 Å². The van der Waals surface area contributed by atoms with Crippen molar-refractivity contribution in [2.24, 2.45) is 7.05 Å². The van der Waals surface area contributed by atoms with E-state index in [1.165, 1.54) is 4.57 Å². The Hall–Kier alpha value is -2.67. The van der Waals surface area contributed by atoms with Crippen molar-refractivity contribution in [1.29, 1.82) is 0 Å². The number of pyridine rings is 1. The van der Waals surface area contributed by atoms with Gasteiger partial charge < -0.3 is 9.47 Å². The zero-order valence-corrected chi connectivity index (χ0v) is 13.8. The van der Waals surface area contributed by atoms with Crippen molar-refractivity contribution in [3.8, 4) is 0 Å². The molecule has 0 bridgehead atoms. The van der Waals surface area contributed by atoms with Crippen molar-refractivity contribution < 1.29 is 9.42 Å². The van der Waals surface area contributed by atoms with Gasteiger partial charge in [-0.2, -0.15) is 0 Å². The highest BCUT2D eigenvalue weighted by molar-refractivity contribution is 6.31. The molecule has 0 spiro atoms. The molecule has 3 aromatic rings. The average Bonchev–Trinajstić information content (AvgIpc) is 3.23. The molecule has 7 nitrogen and oxygen atoms in total. The molecule has 0 saturated carbocycles. The number of fused-ring (bicyclic) bond motifs is 2. The lowest BCUT2D eigenvalue weighted by atomic mass is 10.1. The van der Waals surface area contributed by atoms with Gasteiger partial charge in [-0.15, -0.1) is 0 Å². The van der Waals surface area contributed by atoms with E-state index in [1.807, 2.05) is 6.92 Å². The number of aromatic nitrogens is 3. The van der Waals surface area contributed by atoms with Crippen molar-refractivity contribution in [2.75, 3.05) is 0 Å². The summed E-state index contributed by atoms with van der Waals surface area (Å²) in [4.78, 5) is 26.6. The molecule has 1 aliphatic rings. The first-order valence-electron chi connectivity index (χ1n) is 7.36. The Bertz CT molecular complexity index is 1050. The largest absolute Gasteiger partial charge is 0.328 e. The minimum atomic E-state index is -0.239. The number of hydrogen-bond acceptors (Lipinski definition) is 5. The predicted molar refractivity (Wildman–Crippen MR) is 86.8 cm³/mol. The lowest BCUT2D eigenvalue weighted by Gasteiger charge is -2.15. The van der Waals surface area contributed by atoms with Crippen LogP contribution in [-0.4, -0.2) is 25.7 Å². The van der Waals surface area contributed by atoms with Gasteiger partial charge in [-0.3, -0.25) is 9.59 Å². The van der Waals surface area contributed by atoms with E-state index in [9.17, 15) is 9.59 Å². The molecule has 4 rings (SSSR count). The van der Waals surface area contributed by atoms with Gasteiger partial charge in [-0.1, -0.05) is 11.6 Å². The highest BCUT2D eigenvalue weighted by atomic mass is 35.5. The maximum absolute atomic E-state index is 12.8. The van der Waals surface area contributed by atoms with Crippen LogP contribution in [0.2, 0.25) is 5.02 Å². The summed E-state index contributed by atoms with van der Waals surface area (Å²) in [7, 11) is 1.67. The maximum Gasteiger partial charge on any atom is 0.269 e. The number of hydrogen-bond donors (Lipinski definition) is 0. The van der Waals surface area contributed by atoms with E-state index in [-0.39, 0.29) is 16.5 Å². The van der Waals surface area contributed by atoms with Gasteiger partial charge in [0.25, 0.3) is 11.5 Å². The Labute approximate surface area is 141 Å². The van der Waals surface area contributed by atoms with E-state index in [2.05, 4.69) is 14.9 Å². The molecule has 3 heterocycles. The van der Waals surface area contributed by atoms with E-state index in [1.54, 1.807) is 30.1 Å². The second-order valence-corrected chi connectivity index (χ2v) is 6.24. The lowest BCUT2D eigenvalue weighted by Crippen LogP contribution is -2.26. The van der Waals surface area contributed by atoms with Crippen LogP contribution in [0.3, 0.4) is 0 Å². The molecule has 0 radical (unpaired) electrons. The fourth-order valence-corrected chi connectivity index (χ4v) is 3.30. The van der Waals surface area contributed by atoms with Crippen LogP contribution in [0.15, 0.2) is 27.6 Å². The molecule has 122 valence electrons. The van der Waals surface area contributed by atoms with Gasteiger partial charge in [0.2, 0.25) is 0 Å². The van der Waals surface area contributed by atoms with Gasteiger partial charge >= 0.3 is 0 Å². The minimum absolute atomic E-state index is 0.140. The standard InChI is InChI=1S/C16H13ClN4O3/c1-8-10-6-21(7-13(10)20(2)16(23)14(8)17)15(22)9-3-4-11-12(5-9)19-24-18-11/h3-5H,6-7H2,1-2H3. The number of carbonyl (C=O) groups is 1. The zero-order valence-electron chi connectivity index (χ0n) is 13.0. The van der Waals surface area contributed by atoms with Crippen LogP contribution < -0.4 is 5.56 Å². The first kappa shape index (κ1) is 14.9. The Kier molecular flexibility index (Phi) is 3.21. The van der Waals surface area contributed by atoms with Crippen molar-refractivity contribution in [3.63, 3.8) is 0 Å². The average molecular weight is 345 g/mol. The number of halogens is 1. The van der Waals surface area contributed by atoms with Crippen LogP contribution in [0.4, 0.5) is 0 Å². The third-order valence-electron chi connectivity index (χ3n) is 4.51. The normalized spacial score (nSPS) is 13.5. The number of benzene rings is 1. The van der Waals surface area contributed by atoms with E-state index in [4.69, 9.17) is 11.6 Å². The number of rotatable bonds is 1. The smallest absolute Gasteiger partial charge is 0.269 e. The summed E-state index contributed by atoms with van der Waals surface area (Å²) in [5.74, 6) is -0.140. The molecule has 0 unspecified atom stereocenters. The monoisotopic (exact) mass is 344 g/mol. The molecular weight excluding hydrogens is 332 g/mol. The van der Waals surface area contributed by atoms with E-state index in [0.717, 1.165) is 16.8 Å². The second kappa shape index (κ2) is 5.17. The number of amides is 1. The van der Waals surface area contributed by atoms with Crippen LogP contribution in [0.5, 0.6) is 0 Å². The molecule has 24 heavy (non-hydrogen) atoms. The van der Waals surface area contributed by atoms with Crippen LogP contribution in [-0.2, 0) is 20.1 Å². The molecule has 0 atom stereocenters. The van der Waals surface area contributed by atoms with Gasteiger partial charge in [0, 0.05) is 24.8 Å². The van der Waals surface area contributed by atoms with Gasteiger partial charge in [0.15, 0.2) is 0 Å². The summed E-state index contributed by atoms with van der Waals surface area (Å²) in [6.07, 6.45) is 0. The van der Waals surface area contributed by atoms with E-state index >= 15 is 0 Å². The van der Waals surface area contributed by atoms with Crippen LogP contribution in [0.1, 0.15) is 27.2 Å². The third-order valence-corrected chi connectivity index (χ3v) is 4.95. The first-order chi connectivity index (χ1) is 11.5. The molecule has 2 aromatic heterocycles. The number of nitrogens with zero attached hydrogens (tertiary/aromatic N) is 4. The molecule has 1 amide bonds. The molecule has 1 aliphatic heterocycles. The Morgan fingerprint density at radius 1 is 1.25 bits per heavy atom. The second-order valence-electron chi connectivity index (χ2n) is 5.86. The lowest BCUT2D eigenvalue weighted by molar-refractivity contribution is 0.0749. The van der Waals surface area contributed by atoms with Gasteiger partial charge in [0.1, 0.15) is 16.1 Å². The van der Waals surface area contributed by atoms with Crippen molar-refractivity contribution in [1.82, 2.24) is 19.8 Å². The summed E-state index contributed by atoms with van der Waals surface area (Å²) >= 11 is 6.10. The Balaban J connectivity index is 1.71. The summed E-state index contributed by atoms with van der Waals surface area (Å²) in [6.45, 7) is 2.60. The quantitative estimate of drug-likeness (QED) is 0.674. The molecule has 0 fully saturated rings. The molecule has 8 heteroatoms. The fourth-order valence-electron chi connectivity index (χ4n) is 3.06. The maximum atomic E-state index is 12.8. The Morgan fingerprint density at radius 2 is 2.00 bits per heavy atom. The summed E-state index contributed by atoms with van der Waals surface area (Å²) in [5, 5.41) is 7.70. The third kappa shape index (κ3) is 2.05. The minimum Gasteiger partial charge on any atom is -0.328 e. The molecule has 0 N–H and O–H groups in total. The number of carbonyl (C=O) groups excluding carboxylic acids is 1. The predicted octanol–water partition coefficient (Wildman–Crippen LogP) is 2.04. The van der Waals surface area contributed by atoms with Crippen molar-refractivity contribution in [2.45, 2.75) is 20.0 Å². The molecule has 0 aliphatic carbocycles. The van der Waals surface area contributed by atoms with Gasteiger partial charge in [0.05, 0.1) is 6.54 Å². The molecular formula is C16H13ClN4O3. The topological polar surface area (TPSA) is 81.2 Å². The van der Waals surface area contributed by atoms with E-state index in [0.29, 0.717) is 29.7 Å². The summed E-state index contributed by atoms with van der Waals surface area (Å²) < 4.78 is 6.17. The summed E-state index contributed by atoms with van der Waals surface area (Å²) in [6, 6.07) is 5.03. The van der Waals surface area contributed by atoms with Gasteiger partial charge in [-0.25, -0.2) is 4.63 Å². The first-order valence-corrected chi connectivity index (χ1v) is 7.73. The highest BCUT2D eigenvalue weighted by Crippen LogP contribution is 2.29. The molecule has 1 aromatic carbocycles. The van der Waals surface area contributed by atoms with Crippen LogP contribution >= 0.6 is 11.6 Å². The van der Waals surface area contributed by atoms with Crippen LogP contribution in [0.25, 0.3) is 11.0 Å². The fraction of sp³-hybridized carbons (Fsp3) is 0.250. The van der Waals surface area contributed by atoms with Gasteiger partial charge in [-0.05, 0) is 46.6 Å². The molecule has 0 saturated heterocycles. The van der Waals surface area contributed by atoms with E-state index < -0.39 is 0 Å². The Morgan fingerprint density at radius 3 is 2.79 bits per heavy atom. The van der Waals surface area contributed by atoms with Crippen LogP contribution in [0, 0.1) is 6.92 Å².